The Bertz CT molecular complexity index is 554. The van der Waals surface area contributed by atoms with Crippen LogP contribution in [0.2, 0.25) is 0 Å². The van der Waals surface area contributed by atoms with Gasteiger partial charge < -0.3 is 5.11 Å². The summed E-state index contributed by atoms with van der Waals surface area (Å²) in [5.74, 6) is -0.928. The number of carbonyl (C=O) groups is 1. The van der Waals surface area contributed by atoms with Gasteiger partial charge in [-0.2, -0.15) is 5.10 Å². The van der Waals surface area contributed by atoms with Crippen LogP contribution < -0.4 is 0 Å². The highest BCUT2D eigenvalue weighted by Crippen LogP contribution is 2.19. The van der Waals surface area contributed by atoms with Gasteiger partial charge in [0.15, 0.2) is 0 Å². The Labute approximate surface area is 103 Å². The zero-order valence-corrected chi connectivity index (χ0v) is 10.1. The van der Waals surface area contributed by atoms with Crippen molar-refractivity contribution in [1.82, 2.24) is 9.78 Å². The number of nitrogens with zero attached hydrogens (tertiary/aromatic N) is 2. The molecule has 0 bridgehead atoms. The molecular weight excluding hydrogens is 236 g/mol. The number of carboxylic acid groups (broad SMARTS) is 1. The predicted molar refractivity (Wildman–Crippen MR) is 67.1 cm³/mol. The van der Waals surface area contributed by atoms with Crippen LogP contribution in [0.1, 0.15) is 15.4 Å². The molecule has 0 radical (unpaired) electrons. The van der Waals surface area contributed by atoms with Crippen LogP contribution in [0.3, 0.4) is 0 Å². The molecule has 0 fully saturated rings. The summed E-state index contributed by atoms with van der Waals surface area (Å²) in [6, 6.07) is 5.87. The summed E-state index contributed by atoms with van der Waals surface area (Å²) in [7, 11) is 0. The first kappa shape index (κ1) is 11.6. The number of hydrogen-bond acceptors (Lipinski definition) is 3. The van der Waals surface area contributed by atoms with Crippen LogP contribution in [0.4, 0.5) is 0 Å². The molecule has 0 aliphatic heterocycles. The van der Waals surface area contributed by atoms with E-state index in [1.165, 1.54) is 0 Å². The highest BCUT2D eigenvalue weighted by atomic mass is 32.1. The molecule has 0 unspecified atom stereocenters. The van der Waals surface area contributed by atoms with Crippen molar-refractivity contribution < 1.29 is 9.90 Å². The lowest BCUT2D eigenvalue weighted by molar-refractivity contribution is -0.131. The fourth-order valence-electron chi connectivity index (χ4n) is 1.43. The predicted octanol–water partition coefficient (Wildman–Crippen LogP) is 2.40. The molecule has 0 amide bonds. The molecule has 0 atom stereocenters. The van der Waals surface area contributed by atoms with E-state index in [2.05, 4.69) is 5.10 Å². The Morgan fingerprint density at radius 1 is 1.53 bits per heavy atom. The average Bonchev–Trinajstić information content (AvgIpc) is 2.87. The van der Waals surface area contributed by atoms with Gasteiger partial charge in [-0.25, -0.2) is 4.79 Å². The molecule has 0 aliphatic carbocycles. The summed E-state index contributed by atoms with van der Waals surface area (Å²) in [6.45, 7) is 2.73. The Balaban J connectivity index is 2.09. The topological polar surface area (TPSA) is 55.1 Å². The molecule has 0 spiro atoms. The van der Waals surface area contributed by atoms with Crippen molar-refractivity contribution in [3.63, 3.8) is 0 Å². The first-order valence-electron chi connectivity index (χ1n) is 5.13. The summed E-state index contributed by atoms with van der Waals surface area (Å²) >= 11 is 1.57. The van der Waals surface area contributed by atoms with Gasteiger partial charge in [0.05, 0.1) is 6.54 Å². The standard InChI is InChI=1S/C12H12N2O2S/c1-9-6-7-13-14(9)8-11-3-2-10(17-11)4-5-12(15)16/h2-7H,8H2,1H3,(H,15,16). The highest BCUT2D eigenvalue weighted by Gasteiger charge is 2.02. The second kappa shape index (κ2) is 4.97. The van der Waals surface area contributed by atoms with Crippen molar-refractivity contribution >= 4 is 23.4 Å². The molecule has 88 valence electrons. The Hall–Kier alpha value is -1.88. The minimum Gasteiger partial charge on any atom is -0.478 e. The van der Waals surface area contributed by atoms with E-state index in [9.17, 15) is 4.79 Å². The number of carboxylic acids is 1. The molecule has 2 rings (SSSR count). The number of hydrogen-bond donors (Lipinski definition) is 1. The lowest BCUT2D eigenvalue weighted by Crippen LogP contribution is -2.01. The number of thiophene rings is 1. The quantitative estimate of drug-likeness (QED) is 0.845. The van der Waals surface area contributed by atoms with Crippen LogP contribution in [-0.4, -0.2) is 20.9 Å². The fraction of sp³-hybridized carbons (Fsp3) is 0.167. The smallest absolute Gasteiger partial charge is 0.328 e. The third-order valence-corrected chi connectivity index (χ3v) is 3.34. The summed E-state index contributed by atoms with van der Waals surface area (Å²) in [5, 5.41) is 12.7. The molecule has 2 aromatic heterocycles. The van der Waals surface area contributed by atoms with Crippen LogP contribution >= 0.6 is 11.3 Å². The molecule has 4 nitrogen and oxygen atoms in total. The van der Waals surface area contributed by atoms with Gasteiger partial charge in [-0.05, 0) is 31.2 Å². The van der Waals surface area contributed by atoms with Crippen LogP contribution in [-0.2, 0) is 11.3 Å². The molecule has 1 N–H and O–H groups in total. The van der Waals surface area contributed by atoms with Crippen LogP contribution in [0, 0.1) is 6.92 Å². The van der Waals surface area contributed by atoms with Crippen molar-refractivity contribution in [2.45, 2.75) is 13.5 Å². The molecule has 17 heavy (non-hydrogen) atoms. The molecule has 0 saturated carbocycles. The third-order valence-electron chi connectivity index (χ3n) is 2.31. The third kappa shape index (κ3) is 3.04. The fourth-order valence-corrected chi connectivity index (χ4v) is 2.33. The Morgan fingerprint density at radius 3 is 3.00 bits per heavy atom. The maximum atomic E-state index is 10.4. The van der Waals surface area contributed by atoms with E-state index in [4.69, 9.17) is 5.11 Å². The minimum atomic E-state index is -0.928. The maximum absolute atomic E-state index is 10.4. The van der Waals surface area contributed by atoms with Crippen molar-refractivity contribution in [1.29, 1.82) is 0 Å². The van der Waals surface area contributed by atoms with Gasteiger partial charge in [-0.1, -0.05) is 0 Å². The molecule has 5 heteroatoms. The van der Waals surface area contributed by atoms with Crippen LogP contribution in [0.15, 0.2) is 30.5 Å². The summed E-state index contributed by atoms with van der Waals surface area (Å²) in [5.41, 5.74) is 1.11. The zero-order valence-electron chi connectivity index (χ0n) is 9.33. The lowest BCUT2D eigenvalue weighted by Gasteiger charge is -2.00. The Morgan fingerprint density at radius 2 is 2.35 bits per heavy atom. The molecule has 0 aromatic carbocycles. The lowest BCUT2D eigenvalue weighted by atomic mass is 10.4. The summed E-state index contributed by atoms with van der Waals surface area (Å²) < 4.78 is 1.91. The molecule has 0 aliphatic rings. The highest BCUT2D eigenvalue weighted by molar-refractivity contribution is 7.12. The van der Waals surface area contributed by atoms with Gasteiger partial charge in [0.1, 0.15) is 0 Å². The van der Waals surface area contributed by atoms with Gasteiger partial charge in [-0.3, -0.25) is 4.68 Å². The SMILES string of the molecule is Cc1ccnn1Cc1ccc(C=CC(=O)O)s1. The second-order valence-electron chi connectivity index (χ2n) is 3.61. The van der Waals surface area contributed by atoms with Crippen molar-refractivity contribution in [2.75, 3.05) is 0 Å². The van der Waals surface area contributed by atoms with Gasteiger partial charge in [0.25, 0.3) is 0 Å². The normalized spacial score (nSPS) is 11.1. The van der Waals surface area contributed by atoms with E-state index < -0.39 is 5.97 Å². The second-order valence-corrected chi connectivity index (χ2v) is 4.81. The number of aryl methyl sites for hydroxylation is 1. The van der Waals surface area contributed by atoms with E-state index in [0.717, 1.165) is 28.1 Å². The Kier molecular flexibility index (Phi) is 3.39. The van der Waals surface area contributed by atoms with E-state index in [1.54, 1.807) is 23.6 Å². The first-order valence-corrected chi connectivity index (χ1v) is 5.95. The van der Waals surface area contributed by atoms with Gasteiger partial charge in [0, 0.05) is 27.7 Å². The number of aromatic nitrogens is 2. The average molecular weight is 248 g/mol. The summed E-state index contributed by atoms with van der Waals surface area (Å²) in [4.78, 5) is 12.5. The van der Waals surface area contributed by atoms with E-state index in [-0.39, 0.29) is 0 Å². The van der Waals surface area contributed by atoms with E-state index in [1.807, 2.05) is 29.8 Å². The first-order chi connectivity index (χ1) is 8.15. The minimum absolute atomic E-state index is 0.727. The van der Waals surface area contributed by atoms with Crippen molar-refractivity contribution in [2.24, 2.45) is 0 Å². The molecule has 2 aromatic rings. The van der Waals surface area contributed by atoms with Crippen molar-refractivity contribution in [3.05, 3.63) is 45.9 Å². The van der Waals surface area contributed by atoms with Crippen LogP contribution in [0.5, 0.6) is 0 Å². The number of aliphatic carboxylic acids is 1. The summed E-state index contributed by atoms with van der Waals surface area (Å²) in [6.07, 6.45) is 4.52. The van der Waals surface area contributed by atoms with Gasteiger partial charge in [-0.15, -0.1) is 11.3 Å². The van der Waals surface area contributed by atoms with Gasteiger partial charge in [0.2, 0.25) is 0 Å². The molecular formula is C12H12N2O2S. The van der Waals surface area contributed by atoms with E-state index >= 15 is 0 Å². The van der Waals surface area contributed by atoms with Gasteiger partial charge >= 0.3 is 5.97 Å². The molecule has 2 heterocycles. The zero-order chi connectivity index (χ0) is 12.3. The monoisotopic (exact) mass is 248 g/mol. The van der Waals surface area contributed by atoms with E-state index in [0.29, 0.717) is 0 Å². The largest absolute Gasteiger partial charge is 0.478 e. The maximum Gasteiger partial charge on any atom is 0.328 e. The molecule has 0 saturated heterocycles. The number of rotatable bonds is 4. The van der Waals surface area contributed by atoms with Crippen molar-refractivity contribution in [3.8, 4) is 0 Å². The van der Waals surface area contributed by atoms with Crippen LogP contribution in [0.25, 0.3) is 6.08 Å².